The van der Waals surface area contributed by atoms with Crippen LogP contribution < -0.4 is 4.90 Å². The molecule has 0 atom stereocenters. The highest BCUT2D eigenvalue weighted by molar-refractivity contribution is 5.88. The van der Waals surface area contributed by atoms with Crippen LogP contribution in [0.5, 0.6) is 0 Å². The molecule has 1 heterocycles. The summed E-state index contributed by atoms with van der Waals surface area (Å²) in [6.45, 7) is 3.74. The van der Waals surface area contributed by atoms with Gasteiger partial charge in [0.25, 0.3) is 0 Å². The van der Waals surface area contributed by atoms with Crippen molar-refractivity contribution in [1.29, 1.82) is 0 Å². The minimum Gasteiger partial charge on any atom is -0.464 e. The van der Waals surface area contributed by atoms with Crippen LogP contribution in [0.15, 0.2) is 18.3 Å². The van der Waals surface area contributed by atoms with Gasteiger partial charge < -0.3 is 14.7 Å². The monoisotopic (exact) mass is 238 g/mol. The van der Waals surface area contributed by atoms with Gasteiger partial charge in [0.1, 0.15) is 5.69 Å². The zero-order valence-electron chi connectivity index (χ0n) is 10.2. The van der Waals surface area contributed by atoms with Gasteiger partial charge in [-0.05, 0) is 25.5 Å². The van der Waals surface area contributed by atoms with E-state index in [-0.39, 0.29) is 6.61 Å². The molecule has 0 spiro atoms. The highest BCUT2D eigenvalue weighted by Crippen LogP contribution is 2.15. The second kappa shape index (κ2) is 6.85. The van der Waals surface area contributed by atoms with E-state index in [2.05, 4.69) is 14.6 Å². The Bertz CT molecular complexity index is 369. The molecule has 0 saturated heterocycles. The number of ether oxygens (including phenoxy) is 1. The molecule has 0 bridgehead atoms. The van der Waals surface area contributed by atoms with Crippen molar-refractivity contribution in [2.45, 2.75) is 13.3 Å². The first-order valence-corrected chi connectivity index (χ1v) is 5.63. The molecule has 0 saturated carbocycles. The van der Waals surface area contributed by atoms with E-state index in [9.17, 15) is 4.79 Å². The van der Waals surface area contributed by atoms with Crippen molar-refractivity contribution < 1.29 is 14.6 Å². The van der Waals surface area contributed by atoms with E-state index in [1.54, 1.807) is 12.3 Å². The molecular weight excluding hydrogens is 220 g/mol. The van der Waals surface area contributed by atoms with Crippen molar-refractivity contribution in [3.8, 4) is 0 Å². The summed E-state index contributed by atoms with van der Waals surface area (Å²) in [7, 11) is 1.33. The molecule has 94 valence electrons. The second-order valence-corrected chi connectivity index (χ2v) is 3.55. The van der Waals surface area contributed by atoms with Crippen LogP contribution in [0.1, 0.15) is 23.8 Å². The number of hydrogen-bond acceptors (Lipinski definition) is 5. The molecule has 1 aromatic rings. The largest absolute Gasteiger partial charge is 0.464 e. The van der Waals surface area contributed by atoms with Crippen molar-refractivity contribution >= 4 is 11.7 Å². The SMILES string of the molecule is CCN(CCCO)c1ccnc(C(=O)OC)c1. The standard InChI is InChI=1S/C12H18N2O3/c1-3-14(7-4-8-15)10-5-6-13-11(9-10)12(16)17-2/h5-6,9,15H,3-4,7-8H2,1-2H3. The van der Waals surface area contributed by atoms with Crippen LogP contribution >= 0.6 is 0 Å². The molecule has 0 aromatic carbocycles. The lowest BCUT2D eigenvalue weighted by Gasteiger charge is -2.22. The summed E-state index contributed by atoms with van der Waals surface area (Å²) < 4.78 is 4.63. The Hall–Kier alpha value is -1.62. The highest BCUT2D eigenvalue weighted by atomic mass is 16.5. The first-order chi connectivity index (χ1) is 8.22. The number of esters is 1. The summed E-state index contributed by atoms with van der Waals surface area (Å²) in [4.78, 5) is 17.4. The average molecular weight is 238 g/mol. The number of pyridine rings is 1. The number of anilines is 1. The number of hydrogen-bond donors (Lipinski definition) is 1. The van der Waals surface area contributed by atoms with Gasteiger partial charge in [0.2, 0.25) is 0 Å². The number of nitrogens with zero attached hydrogens (tertiary/aromatic N) is 2. The average Bonchev–Trinajstić information content (AvgIpc) is 2.39. The Kier molecular flexibility index (Phi) is 5.42. The molecular formula is C12H18N2O3. The van der Waals surface area contributed by atoms with Crippen molar-refractivity contribution in [3.63, 3.8) is 0 Å². The highest BCUT2D eigenvalue weighted by Gasteiger charge is 2.10. The van der Waals surface area contributed by atoms with Crippen LogP contribution in [-0.2, 0) is 4.74 Å². The Balaban J connectivity index is 2.84. The molecule has 5 nitrogen and oxygen atoms in total. The summed E-state index contributed by atoms with van der Waals surface area (Å²) in [5, 5.41) is 8.83. The van der Waals surface area contributed by atoms with E-state index >= 15 is 0 Å². The lowest BCUT2D eigenvalue weighted by molar-refractivity contribution is 0.0594. The zero-order valence-corrected chi connectivity index (χ0v) is 10.2. The molecule has 0 aliphatic heterocycles. The Labute approximate surface area is 101 Å². The summed E-state index contributed by atoms with van der Waals surface area (Å²) in [6.07, 6.45) is 2.28. The molecule has 0 fully saturated rings. The van der Waals surface area contributed by atoms with E-state index in [0.717, 1.165) is 18.8 Å². The van der Waals surface area contributed by atoms with Gasteiger partial charge in [0.05, 0.1) is 7.11 Å². The first kappa shape index (κ1) is 13.4. The van der Waals surface area contributed by atoms with E-state index in [0.29, 0.717) is 12.1 Å². The summed E-state index contributed by atoms with van der Waals surface area (Å²) in [5.74, 6) is -0.440. The van der Waals surface area contributed by atoms with Crippen LogP contribution in [-0.4, -0.2) is 42.9 Å². The van der Waals surface area contributed by atoms with Gasteiger partial charge in [-0.3, -0.25) is 0 Å². The zero-order chi connectivity index (χ0) is 12.7. The molecule has 1 rings (SSSR count). The van der Waals surface area contributed by atoms with Crippen LogP contribution in [0.3, 0.4) is 0 Å². The maximum atomic E-state index is 11.3. The number of rotatable bonds is 6. The fourth-order valence-corrected chi connectivity index (χ4v) is 1.56. The predicted octanol–water partition coefficient (Wildman–Crippen LogP) is 1.08. The Morgan fingerprint density at radius 1 is 1.59 bits per heavy atom. The van der Waals surface area contributed by atoms with Gasteiger partial charge in [-0.2, -0.15) is 0 Å². The van der Waals surface area contributed by atoms with Gasteiger partial charge >= 0.3 is 5.97 Å². The fraction of sp³-hybridized carbons (Fsp3) is 0.500. The third-order valence-corrected chi connectivity index (χ3v) is 2.47. The summed E-state index contributed by atoms with van der Waals surface area (Å²) in [6, 6.07) is 3.54. The third-order valence-electron chi connectivity index (χ3n) is 2.47. The van der Waals surface area contributed by atoms with Crippen LogP contribution in [0.2, 0.25) is 0 Å². The van der Waals surface area contributed by atoms with Crippen molar-refractivity contribution in [2.24, 2.45) is 0 Å². The van der Waals surface area contributed by atoms with Crippen LogP contribution in [0.25, 0.3) is 0 Å². The van der Waals surface area contributed by atoms with Crippen molar-refractivity contribution in [3.05, 3.63) is 24.0 Å². The molecule has 1 aromatic heterocycles. The van der Waals surface area contributed by atoms with E-state index in [1.807, 2.05) is 13.0 Å². The van der Waals surface area contributed by atoms with Crippen molar-refractivity contribution in [1.82, 2.24) is 4.98 Å². The molecule has 0 unspecified atom stereocenters. The normalized spacial score (nSPS) is 10.1. The smallest absolute Gasteiger partial charge is 0.356 e. The second-order valence-electron chi connectivity index (χ2n) is 3.55. The van der Waals surface area contributed by atoms with Gasteiger partial charge in [0.15, 0.2) is 0 Å². The topological polar surface area (TPSA) is 62.7 Å². The van der Waals surface area contributed by atoms with E-state index < -0.39 is 5.97 Å². The maximum Gasteiger partial charge on any atom is 0.356 e. The molecule has 0 radical (unpaired) electrons. The summed E-state index contributed by atoms with van der Waals surface area (Å²) >= 11 is 0. The van der Waals surface area contributed by atoms with Gasteiger partial charge in [-0.1, -0.05) is 0 Å². The number of carbonyl (C=O) groups excluding carboxylic acids is 1. The number of aliphatic hydroxyl groups excluding tert-OH is 1. The minimum atomic E-state index is -0.440. The predicted molar refractivity (Wildman–Crippen MR) is 65.2 cm³/mol. The number of aliphatic hydroxyl groups is 1. The van der Waals surface area contributed by atoms with E-state index in [4.69, 9.17) is 5.11 Å². The molecule has 5 heteroatoms. The lowest BCUT2D eigenvalue weighted by Crippen LogP contribution is -2.25. The minimum absolute atomic E-state index is 0.158. The Morgan fingerprint density at radius 3 is 2.94 bits per heavy atom. The molecule has 0 amide bonds. The molecule has 17 heavy (non-hydrogen) atoms. The summed E-state index contributed by atoms with van der Waals surface area (Å²) in [5.41, 5.74) is 1.21. The van der Waals surface area contributed by atoms with E-state index in [1.165, 1.54) is 7.11 Å². The first-order valence-electron chi connectivity index (χ1n) is 5.63. The van der Waals surface area contributed by atoms with Gasteiger partial charge in [0, 0.05) is 31.6 Å². The maximum absolute atomic E-state index is 11.3. The quantitative estimate of drug-likeness (QED) is 0.751. The fourth-order valence-electron chi connectivity index (χ4n) is 1.56. The van der Waals surface area contributed by atoms with Crippen molar-refractivity contribution in [2.75, 3.05) is 31.7 Å². The number of carbonyl (C=O) groups is 1. The molecule has 0 aliphatic rings. The Morgan fingerprint density at radius 2 is 2.35 bits per heavy atom. The lowest BCUT2D eigenvalue weighted by atomic mass is 10.2. The molecule has 1 N–H and O–H groups in total. The third kappa shape index (κ3) is 3.71. The van der Waals surface area contributed by atoms with Crippen LogP contribution in [0, 0.1) is 0 Å². The number of aromatic nitrogens is 1. The number of methoxy groups -OCH3 is 1. The van der Waals surface area contributed by atoms with Crippen LogP contribution in [0.4, 0.5) is 5.69 Å². The molecule has 0 aliphatic carbocycles. The van der Waals surface area contributed by atoms with Gasteiger partial charge in [-0.15, -0.1) is 0 Å². The van der Waals surface area contributed by atoms with Gasteiger partial charge in [-0.25, -0.2) is 9.78 Å².